The molecule has 0 unspecified atom stereocenters. The summed E-state index contributed by atoms with van der Waals surface area (Å²) in [6.07, 6.45) is 0. The molecule has 138 valence electrons. The van der Waals surface area contributed by atoms with Crippen molar-refractivity contribution in [1.82, 2.24) is 4.98 Å². The molecular weight excluding hydrogens is 372 g/mol. The van der Waals surface area contributed by atoms with E-state index in [1.54, 1.807) is 41.7 Å². The predicted molar refractivity (Wildman–Crippen MR) is 111 cm³/mol. The second kappa shape index (κ2) is 7.62. The molecule has 2 aromatic heterocycles. The molecule has 4 aromatic rings. The minimum Gasteiger partial charge on any atom is -0.423 e. The summed E-state index contributed by atoms with van der Waals surface area (Å²) in [6, 6.07) is 19.8. The van der Waals surface area contributed by atoms with Crippen molar-refractivity contribution in [1.29, 1.82) is 0 Å². The molecule has 1 amide bonds. The number of carbonyl (C=O) groups is 2. The number of benzene rings is 2. The third-order valence-electron chi connectivity index (χ3n) is 4.09. The molecule has 28 heavy (non-hydrogen) atoms. The Hall–Kier alpha value is -3.51. The Balaban J connectivity index is 1.67. The first-order valence-corrected chi connectivity index (χ1v) is 9.51. The molecule has 2 heterocycles. The van der Waals surface area contributed by atoms with Crippen LogP contribution in [0.1, 0.15) is 17.3 Å². The number of hydrogen-bond acceptors (Lipinski definition) is 5. The average molecular weight is 388 g/mol. The maximum absolute atomic E-state index is 12.9. The maximum atomic E-state index is 12.9. The van der Waals surface area contributed by atoms with Gasteiger partial charge < -0.3 is 10.1 Å². The van der Waals surface area contributed by atoms with E-state index in [9.17, 15) is 9.59 Å². The number of hydrogen-bond donors (Lipinski definition) is 1. The summed E-state index contributed by atoms with van der Waals surface area (Å²) in [7, 11) is 0. The summed E-state index contributed by atoms with van der Waals surface area (Å²) < 4.78 is 5.56. The second-order valence-electron chi connectivity index (χ2n) is 6.14. The molecule has 1 N–H and O–H groups in total. The molecule has 0 radical (unpaired) electrons. The number of thiophene rings is 1. The first-order chi connectivity index (χ1) is 13.6. The van der Waals surface area contributed by atoms with E-state index in [-0.39, 0.29) is 5.91 Å². The molecule has 0 aliphatic carbocycles. The third kappa shape index (κ3) is 3.77. The number of para-hydroxylation sites is 1. The quantitative estimate of drug-likeness (QED) is 0.388. The highest BCUT2D eigenvalue weighted by atomic mass is 32.1. The molecule has 2 aromatic carbocycles. The Morgan fingerprint density at radius 3 is 2.50 bits per heavy atom. The van der Waals surface area contributed by atoms with E-state index in [0.717, 1.165) is 21.5 Å². The van der Waals surface area contributed by atoms with Gasteiger partial charge in [0.05, 0.1) is 21.7 Å². The molecule has 0 saturated carbocycles. The smallest absolute Gasteiger partial charge is 0.344 e. The molecule has 0 spiro atoms. The molecule has 0 fully saturated rings. The van der Waals surface area contributed by atoms with Crippen LogP contribution in [0.15, 0.2) is 72.1 Å². The number of anilines is 1. The fourth-order valence-corrected chi connectivity index (χ4v) is 3.55. The van der Waals surface area contributed by atoms with Crippen LogP contribution in [0.4, 0.5) is 5.69 Å². The van der Waals surface area contributed by atoms with Crippen molar-refractivity contribution < 1.29 is 14.3 Å². The molecule has 5 nitrogen and oxygen atoms in total. The Bertz CT molecular complexity index is 1150. The van der Waals surface area contributed by atoms with Crippen LogP contribution in [0, 0.1) is 0 Å². The summed E-state index contributed by atoms with van der Waals surface area (Å²) in [5, 5.41) is 5.39. The van der Waals surface area contributed by atoms with Crippen molar-refractivity contribution in [2.24, 2.45) is 0 Å². The van der Waals surface area contributed by atoms with Crippen molar-refractivity contribution >= 4 is 39.8 Å². The normalized spacial score (nSPS) is 10.6. The molecular formula is C22H16N2O3S. The summed E-state index contributed by atoms with van der Waals surface area (Å²) >= 11 is 1.57. The van der Waals surface area contributed by atoms with Crippen LogP contribution in [-0.4, -0.2) is 16.9 Å². The van der Waals surface area contributed by atoms with Gasteiger partial charge in [-0.3, -0.25) is 4.79 Å². The van der Waals surface area contributed by atoms with Crippen LogP contribution >= 0.6 is 11.3 Å². The van der Waals surface area contributed by atoms with Gasteiger partial charge in [0.25, 0.3) is 0 Å². The predicted octanol–water partition coefficient (Wildman–Crippen LogP) is 5.14. The highest BCUT2D eigenvalue weighted by Crippen LogP contribution is 2.28. The van der Waals surface area contributed by atoms with Gasteiger partial charge in [0.1, 0.15) is 5.75 Å². The van der Waals surface area contributed by atoms with Gasteiger partial charge in [-0.2, -0.15) is 0 Å². The van der Waals surface area contributed by atoms with Crippen molar-refractivity contribution in [2.75, 3.05) is 5.32 Å². The lowest BCUT2D eigenvalue weighted by atomic mass is 10.1. The Kier molecular flexibility index (Phi) is 4.87. The number of esters is 1. The van der Waals surface area contributed by atoms with E-state index in [0.29, 0.717) is 17.0 Å². The van der Waals surface area contributed by atoms with E-state index in [4.69, 9.17) is 4.74 Å². The Morgan fingerprint density at radius 1 is 1.00 bits per heavy atom. The van der Waals surface area contributed by atoms with E-state index >= 15 is 0 Å². The van der Waals surface area contributed by atoms with Crippen molar-refractivity contribution in [2.45, 2.75) is 6.92 Å². The van der Waals surface area contributed by atoms with Crippen LogP contribution in [0.25, 0.3) is 21.5 Å². The summed E-state index contributed by atoms with van der Waals surface area (Å²) in [5.74, 6) is -0.213. The lowest BCUT2D eigenvalue weighted by Gasteiger charge is -2.10. The standard InChI is InChI=1S/C22H16N2O3S/c1-14(25)23-15-8-10-16(11-9-15)27-22(26)18-13-20(21-7-4-12-28-21)24-19-6-3-2-5-17(18)19/h2-13H,1H3,(H,23,25). The SMILES string of the molecule is CC(=O)Nc1ccc(OC(=O)c2cc(-c3cccs3)nc3ccccc23)cc1. The lowest BCUT2D eigenvalue weighted by Crippen LogP contribution is -2.10. The highest BCUT2D eigenvalue weighted by molar-refractivity contribution is 7.13. The van der Waals surface area contributed by atoms with Gasteiger partial charge in [-0.1, -0.05) is 24.3 Å². The third-order valence-corrected chi connectivity index (χ3v) is 4.99. The molecule has 0 aliphatic heterocycles. The van der Waals surface area contributed by atoms with E-state index < -0.39 is 5.97 Å². The van der Waals surface area contributed by atoms with Crippen LogP contribution in [0.2, 0.25) is 0 Å². The number of aromatic nitrogens is 1. The van der Waals surface area contributed by atoms with Crippen molar-refractivity contribution in [3.63, 3.8) is 0 Å². The summed E-state index contributed by atoms with van der Waals surface area (Å²) in [5.41, 5.74) is 2.57. The van der Waals surface area contributed by atoms with E-state index in [1.165, 1.54) is 6.92 Å². The second-order valence-corrected chi connectivity index (χ2v) is 7.09. The van der Waals surface area contributed by atoms with Crippen LogP contribution < -0.4 is 10.1 Å². The summed E-state index contributed by atoms with van der Waals surface area (Å²) in [6.45, 7) is 1.44. The van der Waals surface area contributed by atoms with Gasteiger partial charge in [0, 0.05) is 18.0 Å². The first-order valence-electron chi connectivity index (χ1n) is 8.63. The zero-order chi connectivity index (χ0) is 19.5. The van der Waals surface area contributed by atoms with Crippen LogP contribution in [0.5, 0.6) is 5.75 Å². The van der Waals surface area contributed by atoms with Crippen molar-refractivity contribution in [3.8, 4) is 16.3 Å². The zero-order valence-corrected chi connectivity index (χ0v) is 15.8. The number of amides is 1. The number of nitrogens with one attached hydrogen (secondary N) is 1. The highest BCUT2D eigenvalue weighted by Gasteiger charge is 2.16. The van der Waals surface area contributed by atoms with Crippen LogP contribution in [-0.2, 0) is 4.79 Å². The zero-order valence-electron chi connectivity index (χ0n) is 15.0. The molecule has 0 saturated heterocycles. The lowest BCUT2D eigenvalue weighted by molar-refractivity contribution is -0.114. The number of ether oxygens (including phenoxy) is 1. The van der Waals surface area contributed by atoms with Gasteiger partial charge in [-0.25, -0.2) is 9.78 Å². The van der Waals surface area contributed by atoms with Gasteiger partial charge in [-0.15, -0.1) is 11.3 Å². The Morgan fingerprint density at radius 2 is 1.79 bits per heavy atom. The largest absolute Gasteiger partial charge is 0.423 e. The monoisotopic (exact) mass is 388 g/mol. The van der Waals surface area contributed by atoms with Crippen LogP contribution in [0.3, 0.4) is 0 Å². The average Bonchev–Trinajstić information content (AvgIpc) is 3.23. The number of fused-ring (bicyclic) bond motifs is 1. The van der Waals surface area contributed by atoms with E-state index in [2.05, 4.69) is 10.3 Å². The van der Waals surface area contributed by atoms with Gasteiger partial charge in [-0.05, 0) is 47.8 Å². The fourth-order valence-electron chi connectivity index (χ4n) is 2.87. The number of rotatable bonds is 4. The topological polar surface area (TPSA) is 68.3 Å². The van der Waals surface area contributed by atoms with Gasteiger partial charge >= 0.3 is 5.97 Å². The number of nitrogens with zero attached hydrogens (tertiary/aromatic N) is 1. The molecule has 0 aliphatic rings. The molecule has 0 atom stereocenters. The first kappa shape index (κ1) is 17.9. The fraction of sp³-hybridized carbons (Fsp3) is 0.0455. The van der Waals surface area contributed by atoms with Gasteiger partial charge in [0.2, 0.25) is 5.91 Å². The number of pyridine rings is 1. The maximum Gasteiger partial charge on any atom is 0.344 e. The molecule has 6 heteroatoms. The summed E-state index contributed by atoms with van der Waals surface area (Å²) in [4.78, 5) is 29.7. The van der Waals surface area contributed by atoms with Gasteiger partial charge in [0.15, 0.2) is 0 Å². The Labute approximate surface area is 165 Å². The van der Waals surface area contributed by atoms with Crippen molar-refractivity contribution in [3.05, 3.63) is 77.7 Å². The minimum atomic E-state index is -0.455. The van der Waals surface area contributed by atoms with E-state index in [1.807, 2.05) is 41.8 Å². The minimum absolute atomic E-state index is 0.158. The number of carbonyl (C=O) groups excluding carboxylic acids is 2. The molecule has 0 bridgehead atoms. The molecule has 4 rings (SSSR count).